The third-order valence-electron chi connectivity index (χ3n) is 3.78. The van der Waals surface area contributed by atoms with Crippen LogP contribution in [0, 0.1) is 6.92 Å². The van der Waals surface area contributed by atoms with Crippen LogP contribution in [0.25, 0.3) is 0 Å². The number of aliphatic hydroxyl groups is 1. The zero-order valence-electron chi connectivity index (χ0n) is 15.5. The van der Waals surface area contributed by atoms with Gasteiger partial charge in [0.15, 0.2) is 5.96 Å². The van der Waals surface area contributed by atoms with Crippen molar-refractivity contribution in [3.8, 4) is 5.75 Å². The Labute approximate surface area is 176 Å². The van der Waals surface area contributed by atoms with Crippen molar-refractivity contribution in [3.63, 3.8) is 0 Å². The van der Waals surface area contributed by atoms with E-state index >= 15 is 0 Å². The summed E-state index contributed by atoms with van der Waals surface area (Å²) in [7, 11) is 0. The topological polar surface area (TPSA) is 65.9 Å². The first kappa shape index (κ1) is 22.7. The molecule has 0 saturated heterocycles. The predicted molar refractivity (Wildman–Crippen MR) is 120 cm³/mol. The summed E-state index contributed by atoms with van der Waals surface area (Å²) in [6, 6.07) is 9.88. The van der Waals surface area contributed by atoms with Gasteiger partial charge in [-0.3, -0.25) is 0 Å². The summed E-state index contributed by atoms with van der Waals surface area (Å²) in [5.41, 5.74) is 1.04. The van der Waals surface area contributed by atoms with Crippen LogP contribution in [-0.4, -0.2) is 37.3 Å². The lowest BCUT2D eigenvalue weighted by Gasteiger charge is -2.21. The van der Waals surface area contributed by atoms with Crippen molar-refractivity contribution in [2.45, 2.75) is 26.4 Å². The maximum Gasteiger partial charge on any atom is 0.191 e. The molecule has 0 fully saturated rings. The minimum atomic E-state index is -0.972. The van der Waals surface area contributed by atoms with E-state index < -0.39 is 5.60 Å². The number of guanidine groups is 1. The SMILES string of the molecule is CCNC(=NCC(C)(O)c1ccsc1)NCCOc1ccccc1C.I. The molecule has 5 nitrogen and oxygen atoms in total. The molecule has 1 heterocycles. The van der Waals surface area contributed by atoms with E-state index in [-0.39, 0.29) is 30.5 Å². The highest BCUT2D eigenvalue weighted by atomic mass is 127. The molecule has 0 aliphatic heterocycles. The lowest BCUT2D eigenvalue weighted by Crippen LogP contribution is -2.40. The zero-order valence-corrected chi connectivity index (χ0v) is 18.6. The molecule has 1 unspecified atom stereocenters. The molecule has 0 amide bonds. The molecule has 0 radical (unpaired) electrons. The van der Waals surface area contributed by atoms with E-state index in [4.69, 9.17) is 4.74 Å². The summed E-state index contributed by atoms with van der Waals surface area (Å²) < 4.78 is 5.78. The van der Waals surface area contributed by atoms with E-state index in [0.29, 0.717) is 19.1 Å². The minimum Gasteiger partial charge on any atom is -0.491 e. The van der Waals surface area contributed by atoms with Crippen LogP contribution in [0.15, 0.2) is 46.1 Å². The second-order valence-electron chi connectivity index (χ2n) is 6.02. The van der Waals surface area contributed by atoms with Crippen LogP contribution in [0.4, 0.5) is 0 Å². The molecule has 0 bridgehead atoms. The van der Waals surface area contributed by atoms with E-state index in [9.17, 15) is 5.11 Å². The number of hydrogen-bond donors (Lipinski definition) is 3. The third kappa shape index (κ3) is 7.13. The molecule has 0 aliphatic rings. The fourth-order valence-corrected chi connectivity index (χ4v) is 3.07. The molecule has 3 N–H and O–H groups in total. The van der Waals surface area contributed by atoms with Crippen LogP contribution < -0.4 is 15.4 Å². The molecule has 2 aromatic rings. The Morgan fingerprint density at radius 3 is 2.69 bits per heavy atom. The van der Waals surface area contributed by atoms with Crippen molar-refractivity contribution in [2.24, 2.45) is 4.99 Å². The molecule has 1 aromatic heterocycles. The Kier molecular flexibility index (Phi) is 9.97. The van der Waals surface area contributed by atoms with Crippen LogP contribution in [0.5, 0.6) is 5.75 Å². The molecule has 1 aromatic carbocycles. The van der Waals surface area contributed by atoms with Crippen LogP contribution in [0.1, 0.15) is 25.0 Å². The highest BCUT2D eigenvalue weighted by Crippen LogP contribution is 2.23. The van der Waals surface area contributed by atoms with Crippen LogP contribution >= 0.6 is 35.3 Å². The number of thiophene rings is 1. The summed E-state index contributed by atoms with van der Waals surface area (Å²) in [5.74, 6) is 1.57. The van der Waals surface area contributed by atoms with Gasteiger partial charge in [0, 0.05) is 6.54 Å². The van der Waals surface area contributed by atoms with Gasteiger partial charge in [-0.05, 0) is 54.8 Å². The molecule has 0 saturated carbocycles. The van der Waals surface area contributed by atoms with Gasteiger partial charge in [0.1, 0.15) is 18.0 Å². The molecular weight excluding hydrogens is 461 g/mol. The van der Waals surface area contributed by atoms with Crippen molar-refractivity contribution in [1.82, 2.24) is 10.6 Å². The number of nitrogens with zero attached hydrogens (tertiary/aromatic N) is 1. The van der Waals surface area contributed by atoms with E-state index in [2.05, 4.69) is 15.6 Å². The quantitative estimate of drug-likeness (QED) is 0.230. The van der Waals surface area contributed by atoms with Gasteiger partial charge in [0.2, 0.25) is 0 Å². The van der Waals surface area contributed by atoms with Gasteiger partial charge < -0.3 is 20.5 Å². The number of rotatable bonds is 8. The first-order valence-corrected chi connectivity index (χ1v) is 9.43. The first-order chi connectivity index (χ1) is 12.0. The van der Waals surface area contributed by atoms with Gasteiger partial charge in [-0.2, -0.15) is 11.3 Å². The molecule has 0 aliphatic carbocycles. The summed E-state index contributed by atoms with van der Waals surface area (Å²) >= 11 is 1.57. The minimum absolute atomic E-state index is 0. The Bertz CT molecular complexity index is 675. The lowest BCUT2D eigenvalue weighted by atomic mass is 10.00. The smallest absolute Gasteiger partial charge is 0.191 e. The lowest BCUT2D eigenvalue weighted by molar-refractivity contribution is 0.0677. The molecule has 144 valence electrons. The maximum absolute atomic E-state index is 10.6. The summed E-state index contributed by atoms with van der Waals surface area (Å²) in [5, 5.41) is 20.9. The molecular formula is C19H28IN3O2S. The number of nitrogens with one attached hydrogen (secondary N) is 2. The number of aliphatic imine (C=N–C) groups is 1. The molecule has 7 heteroatoms. The summed E-state index contributed by atoms with van der Waals surface area (Å²) in [6.45, 7) is 8.03. The van der Waals surface area contributed by atoms with Gasteiger partial charge in [-0.1, -0.05) is 18.2 Å². The number of aryl methyl sites for hydroxylation is 1. The Hall–Kier alpha value is -1.32. The zero-order chi connectivity index (χ0) is 18.1. The van der Waals surface area contributed by atoms with E-state index in [1.165, 1.54) is 0 Å². The standard InChI is InChI=1S/C19H27N3O2S.HI/c1-4-20-18(22-14-19(3,23)16-9-12-25-13-16)21-10-11-24-17-8-6-5-7-15(17)2;/h5-9,12-13,23H,4,10-11,14H2,1-3H3,(H2,20,21,22);1H. The largest absolute Gasteiger partial charge is 0.491 e. The average Bonchev–Trinajstić information content (AvgIpc) is 3.13. The predicted octanol–water partition coefficient (Wildman–Crippen LogP) is 3.52. The van der Waals surface area contributed by atoms with Crippen molar-refractivity contribution in [1.29, 1.82) is 0 Å². The highest BCUT2D eigenvalue weighted by molar-refractivity contribution is 14.0. The molecule has 0 spiro atoms. The van der Waals surface area contributed by atoms with Crippen molar-refractivity contribution in [3.05, 3.63) is 52.2 Å². The number of hydrogen-bond acceptors (Lipinski definition) is 4. The van der Waals surface area contributed by atoms with Crippen molar-refractivity contribution >= 4 is 41.3 Å². The average molecular weight is 489 g/mol. The van der Waals surface area contributed by atoms with Gasteiger partial charge in [0.05, 0.1) is 13.1 Å². The number of benzene rings is 1. The fourth-order valence-electron chi connectivity index (χ4n) is 2.29. The Balaban J connectivity index is 0.00000338. The Morgan fingerprint density at radius 2 is 2.04 bits per heavy atom. The first-order valence-electron chi connectivity index (χ1n) is 8.48. The van der Waals surface area contributed by atoms with E-state index in [0.717, 1.165) is 23.4 Å². The number of halogens is 1. The second kappa shape index (κ2) is 11.4. The van der Waals surface area contributed by atoms with Crippen LogP contribution in [0.2, 0.25) is 0 Å². The monoisotopic (exact) mass is 489 g/mol. The van der Waals surface area contributed by atoms with Gasteiger partial charge >= 0.3 is 0 Å². The van der Waals surface area contributed by atoms with Crippen LogP contribution in [0.3, 0.4) is 0 Å². The van der Waals surface area contributed by atoms with E-state index in [1.807, 2.05) is 54.9 Å². The fraction of sp³-hybridized carbons (Fsp3) is 0.421. The molecule has 1 atom stereocenters. The van der Waals surface area contributed by atoms with Gasteiger partial charge in [-0.25, -0.2) is 4.99 Å². The highest BCUT2D eigenvalue weighted by Gasteiger charge is 2.23. The summed E-state index contributed by atoms with van der Waals surface area (Å²) in [6.07, 6.45) is 0. The third-order valence-corrected chi connectivity index (χ3v) is 4.46. The second-order valence-corrected chi connectivity index (χ2v) is 6.80. The van der Waals surface area contributed by atoms with E-state index in [1.54, 1.807) is 18.3 Å². The van der Waals surface area contributed by atoms with Gasteiger partial charge in [-0.15, -0.1) is 24.0 Å². The summed E-state index contributed by atoms with van der Waals surface area (Å²) in [4.78, 5) is 4.50. The maximum atomic E-state index is 10.6. The van der Waals surface area contributed by atoms with Crippen molar-refractivity contribution in [2.75, 3.05) is 26.2 Å². The molecule has 26 heavy (non-hydrogen) atoms. The van der Waals surface area contributed by atoms with Crippen molar-refractivity contribution < 1.29 is 9.84 Å². The van der Waals surface area contributed by atoms with Gasteiger partial charge in [0.25, 0.3) is 0 Å². The number of ether oxygens (including phenoxy) is 1. The number of para-hydroxylation sites is 1. The van der Waals surface area contributed by atoms with Crippen LogP contribution in [-0.2, 0) is 5.60 Å². The Morgan fingerprint density at radius 1 is 1.27 bits per heavy atom. The normalized spacial score (nSPS) is 13.5. The molecule has 2 rings (SSSR count).